The highest BCUT2D eigenvalue weighted by atomic mass is 16.5. The number of para-hydroxylation sites is 2. The molecule has 3 rings (SSSR count). The Morgan fingerprint density at radius 3 is 2.56 bits per heavy atom. The number of carbonyl (C=O) groups is 2. The van der Waals surface area contributed by atoms with Crippen LogP contribution in [0.15, 0.2) is 36.4 Å². The van der Waals surface area contributed by atoms with E-state index in [0.717, 1.165) is 24.5 Å². The van der Waals surface area contributed by atoms with Crippen LogP contribution in [0, 0.1) is 6.92 Å². The lowest BCUT2D eigenvalue weighted by Gasteiger charge is -2.30. The monoisotopic (exact) mass is 367 g/mol. The van der Waals surface area contributed by atoms with E-state index in [1.54, 1.807) is 26.0 Å². The van der Waals surface area contributed by atoms with Crippen LogP contribution in [0.5, 0.6) is 0 Å². The molecule has 27 heavy (non-hydrogen) atoms. The van der Waals surface area contributed by atoms with E-state index in [4.69, 9.17) is 4.74 Å². The molecule has 0 radical (unpaired) electrons. The lowest BCUT2D eigenvalue weighted by Crippen LogP contribution is -2.30. The van der Waals surface area contributed by atoms with E-state index in [9.17, 15) is 9.59 Å². The van der Waals surface area contributed by atoms with Crippen molar-refractivity contribution in [3.05, 3.63) is 53.3 Å². The normalized spacial score (nSPS) is 13.9. The molecular formula is C21H25N3O3. The van der Waals surface area contributed by atoms with Gasteiger partial charge in [0.1, 0.15) is 5.69 Å². The molecule has 6 nitrogen and oxygen atoms in total. The maximum atomic E-state index is 12.7. The van der Waals surface area contributed by atoms with Gasteiger partial charge in [-0.15, -0.1) is 0 Å². The molecule has 0 saturated carbocycles. The van der Waals surface area contributed by atoms with Crippen LogP contribution in [0.3, 0.4) is 0 Å². The summed E-state index contributed by atoms with van der Waals surface area (Å²) in [5.74, 6) is -0.720. The van der Waals surface area contributed by atoms with Gasteiger partial charge in [0.25, 0.3) is 5.91 Å². The number of piperidine rings is 1. The third-order valence-electron chi connectivity index (χ3n) is 4.66. The topological polar surface area (TPSA) is 71.5 Å². The number of benzene rings is 1. The van der Waals surface area contributed by atoms with Gasteiger partial charge < -0.3 is 15.0 Å². The minimum Gasteiger partial charge on any atom is -0.462 e. The molecule has 1 N–H and O–H groups in total. The summed E-state index contributed by atoms with van der Waals surface area (Å²) in [5, 5.41) is 2.97. The molecule has 1 saturated heterocycles. The number of aromatic nitrogens is 1. The Balaban J connectivity index is 1.78. The molecular weight excluding hydrogens is 342 g/mol. The lowest BCUT2D eigenvalue weighted by molar-refractivity contribution is 0.0524. The summed E-state index contributed by atoms with van der Waals surface area (Å²) in [5.41, 5.74) is 2.94. The molecule has 0 spiro atoms. The first-order chi connectivity index (χ1) is 13.1. The second-order valence-electron chi connectivity index (χ2n) is 6.57. The van der Waals surface area contributed by atoms with Crippen LogP contribution in [0.4, 0.5) is 11.4 Å². The van der Waals surface area contributed by atoms with Crippen molar-refractivity contribution in [1.82, 2.24) is 4.98 Å². The molecule has 0 unspecified atom stereocenters. The number of pyridine rings is 1. The maximum Gasteiger partial charge on any atom is 0.339 e. The Hall–Kier alpha value is -2.89. The van der Waals surface area contributed by atoms with Crippen molar-refractivity contribution in [3.8, 4) is 0 Å². The van der Waals surface area contributed by atoms with E-state index in [1.807, 2.05) is 24.3 Å². The minimum atomic E-state index is -0.426. The van der Waals surface area contributed by atoms with Gasteiger partial charge in [0.05, 0.1) is 29.2 Å². The third-order valence-corrected chi connectivity index (χ3v) is 4.66. The lowest BCUT2D eigenvalue weighted by atomic mass is 10.1. The number of hydrogen-bond acceptors (Lipinski definition) is 5. The number of hydrogen-bond donors (Lipinski definition) is 1. The Bertz CT molecular complexity index is 829. The van der Waals surface area contributed by atoms with Gasteiger partial charge in [0.15, 0.2) is 0 Å². The number of ether oxygens (including phenoxy) is 1. The predicted molar refractivity (Wildman–Crippen MR) is 105 cm³/mol. The minimum absolute atomic E-state index is 0.272. The highest BCUT2D eigenvalue weighted by Crippen LogP contribution is 2.28. The summed E-state index contributed by atoms with van der Waals surface area (Å²) in [4.78, 5) is 31.2. The molecule has 1 aromatic heterocycles. The largest absolute Gasteiger partial charge is 0.462 e. The molecule has 1 aliphatic rings. The Morgan fingerprint density at radius 1 is 1.11 bits per heavy atom. The molecule has 0 aliphatic carbocycles. The highest BCUT2D eigenvalue weighted by molar-refractivity contribution is 6.05. The predicted octanol–water partition coefficient (Wildman–Crippen LogP) is 3.81. The molecule has 1 aliphatic heterocycles. The van der Waals surface area contributed by atoms with Crippen molar-refractivity contribution in [2.24, 2.45) is 0 Å². The summed E-state index contributed by atoms with van der Waals surface area (Å²) in [6.07, 6.45) is 3.58. The smallest absolute Gasteiger partial charge is 0.339 e. The fraction of sp³-hybridized carbons (Fsp3) is 0.381. The molecule has 0 atom stereocenters. The summed E-state index contributed by atoms with van der Waals surface area (Å²) in [6, 6.07) is 11.0. The van der Waals surface area contributed by atoms with Gasteiger partial charge in [-0.05, 0) is 57.4 Å². The SMILES string of the molecule is CCOC(=O)c1ccc(C(=O)Nc2ccccc2N2CCCCC2)nc1C. The summed E-state index contributed by atoms with van der Waals surface area (Å²) >= 11 is 0. The molecule has 1 aromatic carbocycles. The number of esters is 1. The van der Waals surface area contributed by atoms with E-state index in [0.29, 0.717) is 17.9 Å². The first-order valence-electron chi connectivity index (χ1n) is 9.40. The molecule has 0 bridgehead atoms. The van der Waals surface area contributed by atoms with Crippen LogP contribution >= 0.6 is 0 Å². The Labute approximate surface area is 159 Å². The van der Waals surface area contributed by atoms with Gasteiger partial charge in [-0.1, -0.05) is 12.1 Å². The van der Waals surface area contributed by atoms with E-state index in [2.05, 4.69) is 15.2 Å². The molecule has 1 fully saturated rings. The van der Waals surface area contributed by atoms with Crippen molar-refractivity contribution in [2.75, 3.05) is 29.9 Å². The zero-order valence-corrected chi connectivity index (χ0v) is 15.8. The Kier molecular flexibility index (Phi) is 6.06. The number of anilines is 2. The molecule has 1 amide bonds. The van der Waals surface area contributed by atoms with Gasteiger partial charge in [-0.25, -0.2) is 9.78 Å². The standard InChI is InChI=1S/C21H25N3O3/c1-3-27-21(26)16-11-12-18(22-15(16)2)20(25)23-17-9-5-6-10-19(17)24-13-7-4-8-14-24/h5-6,9-12H,3-4,7-8,13-14H2,1-2H3,(H,23,25). The van der Waals surface area contributed by atoms with Crippen LogP contribution in [0.2, 0.25) is 0 Å². The van der Waals surface area contributed by atoms with Crippen LogP contribution in [0.25, 0.3) is 0 Å². The van der Waals surface area contributed by atoms with Gasteiger partial charge in [-0.3, -0.25) is 4.79 Å². The van der Waals surface area contributed by atoms with Gasteiger partial charge in [-0.2, -0.15) is 0 Å². The number of nitrogens with one attached hydrogen (secondary N) is 1. The van der Waals surface area contributed by atoms with Crippen molar-refractivity contribution in [1.29, 1.82) is 0 Å². The van der Waals surface area contributed by atoms with Crippen LogP contribution in [0.1, 0.15) is 52.7 Å². The van der Waals surface area contributed by atoms with Crippen LogP contribution in [-0.2, 0) is 4.74 Å². The number of carbonyl (C=O) groups excluding carboxylic acids is 2. The van der Waals surface area contributed by atoms with E-state index in [-0.39, 0.29) is 11.6 Å². The molecule has 142 valence electrons. The van der Waals surface area contributed by atoms with Gasteiger partial charge in [0, 0.05) is 13.1 Å². The summed E-state index contributed by atoms with van der Waals surface area (Å²) in [7, 11) is 0. The zero-order chi connectivity index (χ0) is 19.2. The second-order valence-corrected chi connectivity index (χ2v) is 6.57. The van der Waals surface area contributed by atoms with Crippen molar-refractivity contribution in [3.63, 3.8) is 0 Å². The highest BCUT2D eigenvalue weighted by Gasteiger charge is 2.18. The fourth-order valence-electron chi connectivity index (χ4n) is 3.29. The maximum absolute atomic E-state index is 12.7. The number of rotatable bonds is 5. The molecule has 2 heterocycles. The number of aryl methyl sites for hydroxylation is 1. The first kappa shape index (κ1) is 18.9. The summed E-state index contributed by atoms with van der Waals surface area (Å²) < 4.78 is 5.00. The average molecular weight is 367 g/mol. The van der Waals surface area contributed by atoms with Gasteiger partial charge >= 0.3 is 5.97 Å². The first-order valence-corrected chi connectivity index (χ1v) is 9.40. The van der Waals surface area contributed by atoms with E-state index < -0.39 is 5.97 Å². The summed E-state index contributed by atoms with van der Waals surface area (Å²) in [6.45, 7) is 5.75. The van der Waals surface area contributed by atoms with Crippen LogP contribution < -0.4 is 10.2 Å². The second kappa shape index (κ2) is 8.66. The van der Waals surface area contributed by atoms with Crippen molar-refractivity contribution < 1.29 is 14.3 Å². The van der Waals surface area contributed by atoms with Crippen molar-refractivity contribution >= 4 is 23.3 Å². The quantitative estimate of drug-likeness (QED) is 0.814. The molecule has 6 heteroatoms. The van der Waals surface area contributed by atoms with E-state index >= 15 is 0 Å². The molecule has 2 aromatic rings. The number of amides is 1. The fourth-order valence-corrected chi connectivity index (χ4v) is 3.29. The van der Waals surface area contributed by atoms with E-state index in [1.165, 1.54) is 19.3 Å². The third kappa shape index (κ3) is 4.45. The Morgan fingerprint density at radius 2 is 1.85 bits per heavy atom. The van der Waals surface area contributed by atoms with Crippen LogP contribution in [-0.4, -0.2) is 36.6 Å². The zero-order valence-electron chi connectivity index (χ0n) is 15.8. The average Bonchev–Trinajstić information content (AvgIpc) is 2.69. The van der Waals surface area contributed by atoms with Gasteiger partial charge in [0.2, 0.25) is 0 Å². The number of nitrogens with zero attached hydrogens (tertiary/aromatic N) is 2. The van der Waals surface area contributed by atoms with Crippen molar-refractivity contribution in [2.45, 2.75) is 33.1 Å².